The molecule has 0 saturated carbocycles. The molecule has 0 amide bonds. The molecule has 0 radical (unpaired) electrons. The fourth-order valence-electron chi connectivity index (χ4n) is 5.11. The monoisotopic (exact) mass is 670 g/mol. The molecule has 0 aliphatic carbocycles. The molecule has 1 aliphatic rings. The number of benzene rings is 2. The van der Waals surface area contributed by atoms with Gasteiger partial charge in [0.15, 0.2) is 18.0 Å². The summed E-state index contributed by atoms with van der Waals surface area (Å²) in [6.07, 6.45) is -7.25. The van der Waals surface area contributed by atoms with Crippen molar-refractivity contribution < 1.29 is 66.7 Å². The van der Waals surface area contributed by atoms with E-state index in [1.54, 1.807) is 31.2 Å². The van der Waals surface area contributed by atoms with Crippen LogP contribution in [0.15, 0.2) is 48.5 Å². The van der Waals surface area contributed by atoms with Gasteiger partial charge in [0, 0.05) is 47.0 Å². The summed E-state index contributed by atoms with van der Waals surface area (Å²) in [5.74, 6) is -6.19. The summed E-state index contributed by atoms with van der Waals surface area (Å²) in [5, 5.41) is 0. The SMILES string of the molecule is CC(=O)OC[C@H]1OC(C(OC(C)=O)C(=O)Cc2ccc(C(=O)OCc3ccccc3)c(OC(C)=O)c2)[C@H](OC(C)=O)[C@@H](OC(C)=O)[C@@H]1C. The summed E-state index contributed by atoms with van der Waals surface area (Å²) in [7, 11) is 0. The molecule has 258 valence electrons. The van der Waals surface area contributed by atoms with Crippen LogP contribution in [0.25, 0.3) is 0 Å². The third-order valence-corrected chi connectivity index (χ3v) is 7.16. The lowest BCUT2D eigenvalue weighted by Crippen LogP contribution is -2.62. The molecule has 0 aromatic heterocycles. The zero-order valence-corrected chi connectivity index (χ0v) is 27.4. The fraction of sp³-hybridized carbons (Fsp3) is 0.441. The van der Waals surface area contributed by atoms with E-state index in [0.717, 1.165) is 33.3 Å². The van der Waals surface area contributed by atoms with E-state index in [2.05, 4.69) is 0 Å². The molecule has 1 fully saturated rings. The van der Waals surface area contributed by atoms with E-state index < -0.39 is 84.5 Å². The van der Waals surface area contributed by atoms with Gasteiger partial charge in [-0.1, -0.05) is 43.3 Å². The number of ether oxygens (including phenoxy) is 7. The molecule has 0 bridgehead atoms. The maximum Gasteiger partial charge on any atom is 0.342 e. The first-order valence-electron chi connectivity index (χ1n) is 15.0. The predicted octanol–water partition coefficient (Wildman–Crippen LogP) is 2.84. The van der Waals surface area contributed by atoms with Crippen LogP contribution in [-0.2, 0) is 70.2 Å². The molecular formula is C34H38O14. The zero-order valence-electron chi connectivity index (χ0n) is 27.4. The summed E-state index contributed by atoms with van der Waals surface area (Å²) in [5.41, 5.74) is 0.899. The number of rotatable bonds is 13. The third kappa shape index (κ3) is 10.7. The molecule has 2 aromatic carbocycles. The average molecular weight is 671 g/mol. The van der Waals surface area contributed by atoms with Gasteiger partial charge in [-0.2, -0.15) is 0 Å². The molecule has 6 atom stereocenters. The second-order valence-corrected chi connectivity index (χ2v) is 11.1. The molecule has 3 rings (SSSR count). The van der Waals surface area contributed by atoms with Gasteiger partial charge >= 0.3 is 35.8 Å². The van der Waals surface area contributed by atoms with Crippen molar-refractivity contribution in [2.24, 2.45) is 5.92 Å². The van der Waals surface area contributed by atoms with Gasteiger partial charge in [-0.3, -0.25) is 28.8 Å². The smallest absolute Gasteiger partial charge is 0.342 e. The van der Waals surface area contributed by atoms with Crippen LogP contribution in [0.5, 0.6) is 5.75 Å². The second-order valence-electron chi connectivity index (χ2n) is 11.1. The highest BCUT2D eigenvalue weighted by Crippen LogP contribution is 2.34. The minimum absolute atomic E-state index is 0.0419. The highest BCUT2D eigenvalue weighted by atomic mass is 16.6. The molecule has 0 spiro atoms. The second kappa shape index (κ2) is 17.2. The Kier molecular flexibility index (Phi) is 13.4. The summed E-state index contributed by atoms with van der Waals surface area (Å²) < 4.78 is 38.3. The number of carbonyl (C=O) groups excluding carboxylic acids is 7. The van der Waals surface area contributed by atoms with Crippen molar-refractivity contribution in [1.29, 1.82) is 0 Å². The molecule has 14 heteroatoms. The minimum atomic E-state index is -1.72. The Morgan fingerprint density at radius 1 is 0.729 bits per heavy atom. The van der Waals surface area contributed by atoms with Gasteiger partial charge in [0.25, 0.3) is 0 Å². The Hall–Kier alpha value is -5.11. The molecule has 0 N–H and O–H groups in total. The Bertz CT molecular complexity index is 1520. The van der Waals surface area contributed by atoms with Gasteiger partial charge in [-0.15, -0.1) is 0 Å². The van der Waals surface area contributed by atoms with Crippen LogP contribution >= 0.6 is 0 Å². The van der Waals surface area contributed by atoms with E-state index in [0.29, 0.717) is 0 Å². The van der Waals surface area contributed by atoms with Crippen molar-refractivity contribution in [3.8, 4) is 5.75 Å². The number of hydrogen-bond donors (Lipinski definition) is 0. The van der Waals surface area contributed by atoms with Gasteiger partial charge in [0.05, 0.1) is 6.10 Å². The fourth-order valence-corrected chi connectivity index (χ4v) is 5.11. The lowest BCUT2D eigenvalue weighted by atomic mass is 9.84. The van der Waals surface area contributed by atoms with E-state index in [1.165, 1.54) is 25.1 Å². The van der Waals surface area contributed by atoms with Crippen LogP contribution in [0.4, 0.5) is 0 Å². The van der Waals surface area contributed by atoms with E-state index in [1.807, 2.05) is 6.07 Å². The van der Waals surface area contributed by atoms with Gasteiger partial charge in [-0.05, 0) is 23.3 Å². The van der Waals surface area contributed by atoms with Crippen LogP contribution in [0.3, 0.4) is 0 Å². The van der Waals surface area contributed by atoms with Crippen LogP contribution < -0.4 is 4.74 Å². The largest absolute Gasteiger partial charge is 0.463 e. The molecule has 48 heavy (non-hydrogen) atoms. The minimum Gasteiger partial charge on any atom is -0.463 e. The van der Waals surface area contributed by atoms with Crippen molar-refractivity contribution in [1.82, 2.24) is 0 Å². The molecule has 14 nitrogen and oxygen atoms in total. The van der Waals surface area contributed by atoms with E-state index in [4.69, 9.17) is 33.2 Å². The Morgan fingerprint density at radius 2 is 1.38 bits per heavy atom. The van der Waals surface area contributed by atoms with Crippen LogP contribution in [0.1, 0.15) is 63.0 Å². The van der Waals surface area contributed by atoms with Crippen molar-refractivity contribution >= 4 is 41.6 Å². The maximum atomic E-state index is 13.9. The third-order valence-electron chi connectivity index (χ3n) is 7.16. The molecule has 2 unspecified atom stereocenters. The average Bonchev–Trinajstić information content (AvgIpc) is 3.00. The van der Waals surface area contributed by atoms with Gasteiger partial charge in [0.2, 0.25) is 0 Å². The summed E-state index contributed by atoms with van der Waals surface area (Å²) >= 11 is 0. The van der Waals surface area contributed by atoms with Crippen LogP contribution in [0, 0.1) is 5.92 Å². The van der Waals surface area contributed by atoms with Crippen molar-refractivity contribution in [2.75, 3.05) is 6.61 Å². The molecule has 1 saturated heterocycles. The zero-order chi connectivity index (χ0) is 35.5. The first kappa shape index (κ1) is 37.3. The van der Waals surface area contributed by atoms with Gasteiger partial charge in [0.1, 0.15) is 36.7 Å². The number of Topliss-reactive ketones (excluding diaryl/α,β-unsaturated/α-hetero) is 1. The normalized spacial score (nSPS) is 20.8. The standard InChI is InChI=1S/C34H38O14/c1-18-29(17-42-19(2)35)48-33(32(47-23(6)39)30(18)45-21(4)37)31(46-22(5)38)27(40)14-25-12-13-26(28(15-25)44-20(3)36)34(41)43-16-24-10-8-7-9-11-24/h7-13,15,18,29-33H,14,16-17H2,1-6H3/t18-,29-,30+,31?,32-,33?/m1/s1. The maximum absolute atomic E-state index is 13.9. The van der Waals surface area contributed by atoms with Crippen molar-refractivity contribution in [2.45, 2.75) is 85.1 Å². The number of ketones is 1. The van der Waals surface area contributed by atoms with Crippen molar-refractivity contribution in [3.63, 3.8) is 0 Å². The highest BCUT2D eigenvalue weighted by Gasteiger charge is 2.53. The van der Waals surface area contributed by atoms with E-state index >= 15 is 0 Å². The summed E-state index contributed by atoms with van der Waals surface area (Å²) in [6.45, 7) is 6.87. The lowest BCUT2D eigenvalue weighted by Gasteiger charge is -2.45. The first-order chi connectivity index (χ1) is 22.7. The molecular weight excluding hydrogens is 632 g/mol. The summed E-state index contributed by atoms with van der Waals surface area (Å²) in [6, 6.07) is 13.0. The molecule has 2 aromatic rings. The highest BCUT2D eigenvalue weighted by molar-refractivity contribution is 5.94. The topological polar surface area (TPSA) is 184 Å². The number of carbonyl (C=O) groups is 7. The summed E-state index contributed by atoms with van der Waals surface area (Å²) in [4.78, 5) is 86.8. The van der Waals surface area contributed by atoms with Crippen molar-refractivity contribution in [3.05, 3.63) is 65.2 Å². The first-order valence-corrected chi connectivity index (χ1v) is 15.0. The Morgan fingerprint density at radius 3 is 1.96 bits per heavy atom. The van der Waals surface area contributed by atoms with E-state index in [-0.39, 0.29) is 30.1 Å². The Balaban J connectivity index is 1.96. The predicted molar refractivity (Wildman–Crippen MR) is 163 cm³/mol. The Labute approximate surface area is 276 Å². The van der Waals surface area contributed by atoms with E-state index in [9.17, 15) is 33.6 Å². The number of esters is 6. The molecule has 1 heterocycles. The van der Waals surface area contributed by atoms with Crippen LogP contribution in [0.2, 0.25) is 0 Å². The quantitative estimate of drug-likeness (QED) is 0.172. The van der Waals surface area contributed by atoms with Gasteiger partial charge in [-0.25, -0.2) is 4.79 Å². The number of hydrogen-bond acceptors (Lipinski definition) is 14. The van der Waals surface area contributed by atoms with Gasteiger partial charge < -0.3 is 33.2 Å². The molecule has 1 aliphatic heterocycles. The lowest BCUT2D eigenvalue weighted by molar-refractivity contribution is -0.246. The van der Waals surface area contributed by atoms with Crippen LogP contribution in [-0.4, -0.2) is 78.7 Å².